The predicted octanol–water partition coefficient (Wildman–Crippen LogP) is 2.49. The Morgan fingerprint density at radius 3 is 0.719 bits per heavy atom. The second-order valence-electron chi connectivity index (χ2n) is 7.90. The highest BCUT2D eigenvalue weighted by Crippen LogP contribution is 2.68. The van der Waals surface area contributed by atoms with E-state index in [-0.39, 0.29) is 16.6 Å². The van der Waals surface area contributed by atoms with Gasteiger partial charge in [0.1, 0.15) is 0 Å². The molecule has 0 aliphatic rings. The third-order valence-electron chi connectivity index (χ3n) is 7.32. The molecule has 13 heteroatoms. The molecule has 0 aliphatic carbocycles. The molecule has 9 nitrogen and oxygen atoms in total. The Balaban J connectivity index is 7.49. The predicted molar refractivity (Wildman–Crippen MR) is 135 cm³/mol. The highest BCUT2D eigenvalue weighted by atomic mass is 28.4. The van der Waals surface area contributed by atoms with Crippen LogP contribution in [-0.4, -0.2) is 101 Å². The lowest BCUT2D eigenvalue weighted by atomic mass is 9.89. The van der Waals surface area contributed by atoms with E-state index in [1.54, 1.807) is 64.0 Å². The molecule has 3 atom stereocenters. The van der Waals surface area contributed by atoms with Gasteiger partial charge in [-0.05, 0) is 24.3 Å². The fourth-order valence-corrected chi connectivity index (χ4v) is 19.9. The van der Waals surface area contributed by atoms with Crippen LogP contribution in [-0.2, 0) is 39.8 Å². The van der Waals surface area contributed by atoms with E-state index >= 15 is 0 Å². The van der Waals surface area contributed by atoms with Crippen LogP contribution in [0.3, 0.4) is 0 Å². The van der Waals surface area contributed by atoms with E-state index < -0.39 is 31.5 Å². The molecule has 0 aliphatic heterocycles. The zero-order valence-electron chi connectivity index (χ0n) is 22.5. The second kappa shape index (κ2) is 14.2. The molecule has 0 saturated heterocycles. The van der Waals surface area contributed by atoms with Crippen LogP contribution >= 0.6 is 0 Å². The lowest BCUT2D eigenvalue weighted by molar-refractivity contribution is 0.0639. The molecule has 0 radical (unpaired) electrons. The number of hydrogen-bond acceptors (Lipinski definition) is 9. The molecule has 0 fully saturated rings. The SMILES string of the molecule is CCC(C([SiH3])(C(CC)[Si](OC)(OC)OC)C(CC)[Si](OC)(OC)OC)[Si](OC)(OC)OC. The largest absolute Gasteiger partial charge is 0.503 e. The van der Waals surface area contributed by atoms with E-state index in [4.69, 9.17) is 39.8 Å². The van der Waals surface area contributed by atoms with Crippen LogP contribution < -0.4 is 0 Å². The smallest absolute Gasteiger partial charge is 0.377 e. The van der Waals surface area contributed by atoms with Gasteiger partial charge in [-0.2, -0.15) is 0 Å². The molecule has 0 aromatic heterocycles. The third-order valence-corrected chi connectivity index (χ3v) is 21.9. The van der Waals surface area contributed by atoms with Crippen LogP contribution in [0, 0.1) is 0 Å². The molecule has 0 heterocycles. The molecule has 0 N–H and O–H groups in total. The molecule has 32 heavy (non-hydrogen) atoms. The minimum absolute atomic E-state index is 0.0868. The topological polar surface area (TPSA) is 83.1 Å². The van der Waals surface area contributed by atoms with Crippen molar-refractivity contribution in [1.29, 1.82) is 0 Å². The molecular weight excluding hydrogens is 485 g/mol. The molecule has 0 aromatic rings. The first kappa shape index (κ1) is 32.5. The molecule has 194 valence electrons. The molecule has 0 amide bonds. The average molecular weight is 533 g/mol. The normalized spacial score (nSPS) is 18.4. The van der Waals surface area contributed by atoms with Gasteiger partial charge in [0.15, 0.2) is 0 Å². The summed E-state index contributed by atoms with van der Waals surface area (Å²) < 4.78 is 54.5. The van der Waals surface area contributed by atoms with Crippen molar-refractivity contribution in [2.24, 2.45) is 0 Å². The van der Waals surface area contributed by atoms with Gasteiger partial charge >= 0.3 is 26.4 Å². The first-order valence-electron chi connectivity index (χ1n) is 11.1. The molecule has 0 bridgehead atoms. The van der Waals surface area contributed by atoms with Gasteiger partial charge in [0.2, 0.25) is 0 Å². The molecule has 0 saturated carbocycles. The Morgan fingerprint density at radius 1 is 0.469 bits per heavy atom. The molecule has 0 aromatic carbocycles. The van der Waals surface area contributed by atoms with Crippen molar-refractivity contribution in [3.05, 3.63) is 0 Å². The summed E-state index contributed by atoms with van der Waals surface area (Å²) in [7, 11) is 6.27. The van der Waals surface area contributed by atoms with Crippen molar-refractivity contribution in [2.45, 2.75) is 61.7 Å². The van der Waals surface area contributed by atoms with E-state index in [9.17, 15) is 0 Å². The average Bonchev–Trinajstić information content (AvgIpc) is 2.84. The van der Waals surface area contributed by atoms with Crippen LogP contribution in [0.2, 0.25) is 21.7 Å². The van der Waals surface area contributed by atoms with Crippen molar-refractivity contribution < 1.29 is 39.8 Å². The van der Waals surface area contributed by atoms with Gasteiger partial charge in [0.25, 0.3) is 0 Å². The van der Waals surface area contributed by atoms with E-state index in [2.05, 4.69) is 20.8 Å². The van der Waals surface area contributed by atoms with Crippen molar-refractivity contribution >= 4 is 36.7 Å². The Hall–Kier alpha value is 0.508. The van der Waals surface area contributed by atoms with E-state index in [0.29, 0.717) is 10.2 Å². The quantitative estimate of drug-likeness (QED) is 0.247. The van der Waals surface area contributed by atoms with Crippen LogP contribution in [0.1, 0.15) is 40.0 Å². The van der Waals surface area contributed by atoms with Gasteiger partial charge < -0.3 is 39.8 Å². The maximum atomic E-state index is 6.05. The van der Waals surface area contributed by atoms with Crippen LogP contribution in [0.5, 0.6) is 0 Å². The summed E-state index contributed by atoms with van der Waals surface area (Å²) in [5.41, 5.74) is -0.261. The van der Waals surface area contributed by atoms with Crippen molar-refractivity contribution in [3.8, 4) is 0 Å². The van der Waals surface area contributed by atoms with E-state index in [1.165, 1.54) is 0 Å². The lowest BCUT2D eigenvalue weighted by Gasteiger charge is -2.56. The summed E-state index contributed by atoms with van der Waals surface area (Å²) in [6.45, 7) is 6.42. The third kappa shape index (κ3) is 5.50. The Kier molecular flexibility index (Phi) is 14.4. The van der Waals surface area contributed by atoms with Gasteiger partial charge in [-0.15, -0.1) is 0 Å². The Bertz CT molecular complexity index is 423. The zero-order chi connectivity index (χ0) is 25.2. The highest BCUT2D eigenvalue weighted by molar-refractivity contribution is 6.69. The molecule has 0 spiro atoms. The zero-order valence-corrected chi connectivity index (χ0v) is 27.5. The minimum Gasteiger partial charge on any atom is -0.377 e. The van der Waals surface area contributed by atoms with Crippen LogP contribution in [0.15, 0.2) is 0 Å². The van der Waals surface area contributed by atoms with Gasteiger partial charge in [0, 0.05) is 90.9 Å². The van der Waals surface area contributed by atoms with E-state index in [0.717, 1.165) is 19.3 Å². The van der Waals surface area contributed by atoms with Crippen LogP contribution in [0.25, 0.3) is 0 Å². The fraction of sp³-hybridized carbons (Fsp3) is 1.00. The number of hydrogen-bond donors (Lipinski definition) is 0. The first-order chi connectivity index (χ1) is 15.1. The molecular formula is C19H48O9Si4. The summed E-state index contributed by atoms with van der Waals surface area (Å²) >= 11 is 0. The second-order valence-corrected chi connectivity index (χ2v) is 19.0. The van der Waals surface area contributed by atoms with Crippen molar-refractivity contribution in [1.82, 2.24) is 0 Å². The maximum Gasteiger partial charge on any atom is 0.503 e. The van der Waals surface area contributed by atoms with Crippen LogP contribution in [0.4, 0.5) is 0 Å². The van der Waals surface area contributed by atoms with Gasteiger partial charge in [-0.3, -0.25) is 0 Å². The monoisotopic (exact) mass is 532 g/mol. The Morgan fingerprint density at radius 2 is 0.625 bits per heavy atom. The summed E-state index contributed by atoms with van der Waals surface area (Å²) in [6, 6.07) is 0. The van der Waals surface area contributed by atoms with Crippen molar-refractivity contribution in [3.63, 3.8) is 0 Å². The summed E-state index contributed by atoms with van der Waals surface area (Å²) in [6.07, 6.45) is 2.30. The van der Waals surface area contributed by atoms with Gasteiger partial charge in [-0.1, -0.05) is 20.8 Å². The number of rotatable bonds is 18. The molecule has 0 rings (SSSR count). The standard InChI is InChI=1S/C19H48O9Si4/c1-13-16(30(20-4,21-5)22-6)19(29,17(14-2)31(23-7,24-8)25-9)18(15-3)32(26-10,27-11)28-12/h16-18H,13-15H2,1-12,29H3. The fourth-order valence-electron chi connectivity index (χ4n) is 5.97. The highest BCUT2D eigenvalue weighted by Gasteiger charge is 2.70. The van der Waals surface area contributed by atoms with Gasteiger partial charge in [0.05, 0.1) is 0 Å². The lowest BCUT2D eigenvalue weighted by Crippen LogP contribution is -2.63. The Labute approximate surface area is 202 Å². The first-order valence-corrected chi connectivity index (χ1v) is 17.5. The minimum atomic E-state index is -3.13. The van der Waals surface area contributed by atoms with Gasteiger partial charge in [-0.25, -0.2) is 0 Å². The van der Waals surface area contributed by atoms with E-state index in [1.807, 2.05) is 0 Å². The maximum absolute atomic E-state index is 6.05. The van der Waals surface area contributed by atoms with Crippen molar-refractivity contribution in [2.75, 3.05) is 64.0 Å². The summed E-state index contributed by atoms with van der Waals surface area (Å²) in [5, 5.41) is -0.436. The molecule has 3 unspecified atom stereocenters. The summed E-state index contributed by atoms with van der Waals surface area (Å²) in [4.78, 5) is 0. The summed E-state index contributed by atoms with van der Waals surface area (Å²) in [5.74, 6) is 0.